The standard InChI is InChI=1S/C20H35N3O3/c1-10-15(11-16(12-25-9)26-13(2)3)17-14(4)18(22-21-17)19(24)23(8)20(5,6)7/h12-13,15H,10-11H2,1-9H3,(H,21,22). The molecule has 148 valence electrons. The number of nitrogens with one attached hydrogen (secondary N) is 1. The highest BCUT2D eigenvalue weighted by molar-refractivity contribution is 5.94. The van der Waals surface area contributed by atoms with Crippen LogP contribution < -0.4 is 0 Å². The summed E-state index contributed by atoms with van der Waals surface area (Å²) in [5.41, 5.74) is 2.11. The second kappa shape index (κ2) is 9.10. The third kappa shape index (κ3) is 5.51. The minimum absolute atomic E-state index is 0.0709. The van der Waals surface area contributed by atoms with Gasteiger partial charge in [0.25, 0.3) is 5.91 Å². The molecular formula is C20H35N3O3. The van der Waals surface area contributed by atoms with Crippen molar-refractivity contribution in [2.45, 2.75) is 78.9 Å². The number of aromatic nitrogens is 2. The van der Waals surface area contributed by atoms with Crippen LogP contribution in [0.3, 0.4) is 0 Å². The van der Waals surface area contributed by atoms with Gasteiger partial charge in [-0.1, -0.05) is 6.92 Å². The number of ether oxygens (including phenoxy) is 2. The molecule has 6 heteroatoms. The minimum Gasteiger partial charge on any atom is -0.501 e. The number of nitrogens with zero attached hydrogens (tertiary/aromatic N) is 2. The van der Waals surface area contributed by atoms with E-state index in [1.54, 1.807) is 18.3 Å². The Morgan fingerprint density at radius 1 is 1.35 bits per heavy atom. The summed E-state index contributed by atoms with van der Waals surface area (Å²) in [4.78, 5) is 14.5. The number of carbonyl (C=O) groups is 1. The zero-order valence-electron chi connectivity index (χ0n) is 17.8. The third-order valence-corrected chi connectivity index (χ3v) is 4.55. The highest BCUT2D eigenvalue weighted by Crippen LogP contribution is 2.30. The van der Waals surface area contributed by atoms with Crippen LogP contribution in [0.25, 0.3) is 0 Å². The van der Waals surface area contributed by atoms with Crippen LogP contribution in [-0.2, 0) is 9.47 Å². The molecule has 1 atom stereocenters. The monoisotopic (exact) mass is 365 g/mol. The van der Waals surface area contributed by atoms with Gasteiger partial charge in [-0.05, 0) is 48.0 Å². The molecule has 0 aromatic carbocycles. The quantitative estimate of drug-likeness (QED) is 0.694. The molecule has 26 heavy (non-hydrogen) atoms. The molecule has 1 amide bonds. The van der Waals surface area contributed by atoms with E-state index in [0.29, 0.717) is 12.1 Å². The molecule has 0 bridgehead atoms. The molecule has 0 radical (unpaired) electrons. The van der Waals surface area contributed by atoms with Gasteiger partial charge in [-0.25, -0.2) is 0 Å². The van der Waals surface area contributed by atoms with Crippen molar-refractivity contribution in [3.8, 4) is 0 Å². The molecule has 0 saturated carbocycles. The molecule has 1 aromatic heterocycles. The molecule has 0 aliphatic rings. The highest BCUT2D eigenvalue weighted by atomic mass is 16.5. The van der Waals surface area contributed by atoms with Crippen molar-refractivity contribution < 1.29 is 14.3 Å². The molecule has 1 N–H and O–H groups in total. The number of aromatic amines is 1. The second-order valence-corrected chi connectivity index (χ2v) is 7.94. The normalized spacial score (nSPS) is 13.7. The van der Waals surface area contributed by atoms with Gasteiger partial charge < -0.3 is 14.4 Å². The first-order chi connectivity index (χ1) is 12.0. The lowest BCUT2D eigenvalue weighted by Gasteiger charge is -2.31. The van der Waals surface area contributed by atoms with Gasteiger partial charge in [-0.15, -0.1) is 0 Å². The lowest BCUT2D eigenvalue weighted by atomic mass is 9.94. The number of amides is 1. The van der Waals surface area contributed by atoms with Crippen LogP contribution >= 0.6 is 0 Å². The molecular weight excluding hydrogens is 330 g/mol. The first-order valence-corrected chi connectivity index (χ1v) is 9.24. The summed E-state index contributed by atoms with van der Waals surface area (Å²) in [6.07, 6.45) is 3.31. The Bertz CT molecular complexity index is 627. The number of allylic oxidation sites excluding steroid dienone is 1. The summed E-state index contributed by atoms with van der Waals surface area (Å²) < 4.78 is 11.0. The van der Waals surface area contributed by atoms with E-state index in [-0.39, 0.29) is 23.5 Å². The Kier molecular flexibility index (Phi) is 7.72. The van der Waals surface area contributed by atoms with Gasteiger partial charge in [-0.3, -0.25) is 9.89 Å². The van der Waals surface area contributed by atoms with Gasteiger partial charge in [0.1, 0.15) is 12.0 Å². The summed E-state index contributed by atoms with van der Waals surface area (Å²) in [5.74, 6) is 0.894. The zero-order valence-corrected chi connectivity index (χ0v) is 17.8. The average Bonchev–Trinajstić information content (AvgIpc) is 2.91. The molecule has 0 fully saturated rings. The predicted molar refractivity (Wildman–Crippen MR) is 104 cm³/mol. The van der Waals surface area contributed by atoms with Crippen molar-refractivity contribution in [1.82, 2.24) is 15.1 Å². The van der Waals surface area contributed by atoms with Crippen molar-refractivity contribution >= 4 is 5.91 Å². The van der Waals surface area contributed by atoms with E-state index < -0.39 is 0 Å². The lowest BCUT2D eigenvalue weighted by molar-refractivity contribution is 0.0649. The van der Waals surface area contributed by atoms with Crippen LogP contribution in [0.15, 0.2) is 12.0 Å². The third-order valence-electron chi connectivity index (χ3n) is 4.55. The molecule has 0 aliphatic carbocycles. The number of rotatable bonds is 8. The summed E-state index contributed by atoms with van der Waals surface area (Å²) in [6.45, 7) is 14.1. The molecule has 0 aliphatic heterocycles. The van der Waals surface area contributed by atoms with Crippen molar-refractivity contribution in [2.24, 2.45) is 0 Å². The molecule has 1 unspecified atom stereocenters. The van der Waals surface area contributed by atoms with E-state index >= 15 is 0 Å². The molecule has 1 rings (SSSR count). The van der Waals surface area contributed by atoms with Gasteiger partial charge in [0.15, 0.2) is 5.69 Å². The molecule has 0 saturated heterocycles. The van der Waals surface area contributed by atoms with E-state index in [0.717, 1.165) is 23.4 Å². The van der Waals surface area contributed by atoms with E-state index in [1.807, 2.05) is 48.6 Å². The van der Waals surface area contributed by atoms with Crippen molar-refractivity contribution in [3.63, 3.8) is 0 Å². The van der Waals surface area contributed by atoms with Crippen molar-refractivity contribution in [1.29, 1.82) is 0 Å². The van der Waals surface area contributed by atoms with Gasteiger partial charge in [0.2, 0.25) is 0 Å². The maximum absolute atomic E-state index is 12.8. The van der Waals surface area contributed by atoms with Crippen LogP contribution in [0.4, 0.5) is 0 Å². The van der Waals surface area contributed by atoms with E-state index in [4.69, 9.17) is 9.47 Å². The zero-order chi connectivity index (χ0) is 20.1. The predicted octanol–water partition coefficient (Wildman–Crippen LogP) is 4.39. The van der Waals surface area contributed by atoms with E-state index in [1.165, 1.54) is 0 Å². The highest BCUT2D eigenvalue weighted by Gasteiger charge is 2.29. The van der Waals surface area contributed by atoms with E-state index in [9.17, 15) is 4.79 Å². The van der Waals surface area contributed by atoms with Crippen molar-refractivity contribution in [3.05, 3.63) is 29.0 Å². The first kappa shape index (κ1) is 22.1. The van der Waals surface area contributed by atoms with Gasteiger partial charge in [0, 0.05) is 36.2 Å². The smallest absolute Gasteiger partial charge is 0.274 e. The fraction of sp³-hybridized carbons (Fsp3) is 0.700. The first-order valence-electron chi connectivity index (χ1n) is 9.24. The van der Waals surface area contributed by atoms with Crippen LogP contribution in [0, 0.1) is 6.92 Å². The van der Waals surface area contributed by atoms with Crippen LogP contribution in [0.1, 0.15) is 82.0 Å². The number of carbonyl (C=O) groups excluding carboxylic acids is 1. The SMILES string of the molecule is CCC(CC(=COC)OC(C)C)c1[nH]nc(C(=O)N(C)C(C)(C)C)c1C. The summed E-state index contributed by atoms with van der Waals surface area (Å²) in [6, 6.07) is 0. The molecule has 1 heterocycles. The Morgan fingerprint density at radius 3 is 2.42 bits per heavy atom. The second-order valence-electron chi connectivity index (χ2n) is 7.94. The molecule has 0 spiro atoms. The largest absolute Gasteiger partial charge is 0.501 e. The van der Waals surface area contributed by atoms with Crippen LogP contribution in [-0.4, -0.2) is 46.8 Å². The average molecular weight is 366 g/mol. The Hall–Kier alpha value is -1.98. The summed E-state index contributed by atoms with van der Waals surface area (Å²) in [5, 5.41) is 7.42. The van der Waals surface area contributed by atoms with Crippen molar-refractivity contribution in [2.75, 3.05) is 14.2 Å². The lowest BCUT2D eigenvalue weighted by Crippen LogP contribution is -2.42. The molecule has 1 aromatic rings. The topological polar surface area (TPSA) is 67.5 Å². The minimum atomic E-state index is -0.258. The fourth-order valence-corrected chi connectivity index (χ4v) is 2.73. The van der Waals surface area contributed by atoms with E-state index in [2.05, 4.69) is 17.1 Å². The Balaban J connectivity index is 3.09. The maximum atomic E-state index is 12.8. The summed E-state index contributed by atoms with van der Waals surface area (Å²) >= 11 is 0. The van der Waals surface area contributed by atoms with Gasteiger partial charge >= 0.3 is 0 Å². The Labute approximate surface area is 157 Å². The van der Waals surface area contributed by atoms with Crippen LogP contribution in [0.5, 0.6) is 0 Å². The fourth-order valence-electron chi connectivity index (χ4n) is 2.73. The van der Waals surface area contributed by atoms with Gasteiger partial charge in [-0.2, -0.15) is 5.10 Å². The maximum Gasteiger partial charge on any atom is 0.274 e. The van der Waals surface area contributed by atoms with Crippen LogP contribution in [0.2, 0.25) is 0 Å². The van der Waals surface area contributed by atoms with Gasteiger partial charge in [0.05, 0.1) is 13.2 Å². The molecule has 6 nitrogen and oxygen atoms in total. The number of methoxy groups -OCH3 is 1. The number of hydrogen-bond acceptors (Lipinski definition) is 4. The number of hydrogen-bond donors (Lipinski definition) is 1. The Morgan fingerprint density at radius 2 is 1.96 bits per heavy atom. The number of H-pyrrole nitrogens is 1. The summed E-state index contributed by atoms with van der Waals surface area (Å²) in [7, 11) is 3.43.